The Hall–Kier alpha value is -1.30. The molecule has 28 heavy (non-hydrogen) atoms. The Morgan fingerprint density at radius 3 is 2.50 bits per heavy atom. The molecule has 0 amide bonds. The number of hydrogen-bond donors (Lipinski definition) is 1. The maximum atomic E-state index is 10.4. The van der Waals surface area contributed by atoms with E-state index in [4.69, 9.17) is 9.47 Å². The number of rotatable bonds is 9. The van der Waals surface area contributed by atoms with Crippen molar-refractivity contribution in [3.05, 3.63) is 23.8 Å². The number of likely N-dealkylation sites (N-methyl/N-ethyl adjacent to an activating group) is 1. The third-order valence-electron chi connectivity index (χ3n) is 6.21. The highest BCUT2D eigenvalue weighted by Gasteiger charge is 2.20. The van der Waals surface area contributed by atoms with E-state index in [1.54, 1.807) is 7.11 Å². The van der Waals surface area contributed by atoms with Crippen LogP contribution in [0.4, 0.5) is 0 Å². The van der Waals surface area contributed by atoms with Gasteiger partial charge in [-0.3, -0.25) is 4.90 Å². The summed E-state index contributed by atoms with van der Waals surface area (Å²) in [6, 6.07) is 6.78. The number of methoxy groups -OCH3 is 1. The molecule has 0 unspecified atom stereocenters. The van der Waals surface area contributed by atoms with Crippen LogP contribution < -0.4 is 9.47 Å². The molecule has 1 atom stereocenters. The van der Waals surface area contributed by atoms with E-state index >= 15 is 0 Å². The molecule has 1 aromatic rings. The third kappa shape index (κ3) is 6.36. The fourth-order valence-electron chi connectivity index (χ4n) is 4.55. The number of ether oxygens (including phenoxy) is 2. The molecule has 2 aliphatic rings. The number of piperidine rings is 1. The molecular weight excluding hydrogens is 352 g/mol. The summed E-state index contributed by atoms with van der Waals surface area (Å²) in [7, 11) is 3.80. The SMILES string of the molecule is COc1cc(CN2CCCCC2)ccc1OC[C@@H](O)CN(C)C1CCCCC1. The maximum Gasteiger partial charge on any atom is 0.161 e. The Balaban J connectivity index is 1.48. The van der Waals surface area contributed by atoms with Gasteiger partial charge in [-0.2, -0.15) is 0 Å². The minimum absolute atomic E-state index is 0.291. The predicted octanol–water partition coefficient (Wildman–Crippen LogP) is 3.69. The highest BCUT2D eigenvalue weighted by molar-refractivity contribution is 5.43. The van der Waals surface area contributed by atoms with E-state index in [0.29, 0.717) is 24.9 Å². The monoisotopic (exact) mass is 390 g/mol. The molecule has 1 aliphatic carbocycles. The molecule has 5 nitrogen and oxygen atoms in total. The molecule has 5 heteroatoms. The van der Waals surface area contributed by atoms with Gasteiger partial charge in [0.25, 0.3) is 0 Å². The summed E-state index contributed by atoms with van der Waals surface area (Å²) >= 11 is 0. The predicted molar refractivity (Wildman–Crippen MR) is 113 cm³/mol. The smallest absolute Gasteiger partial charge is 0.161 e. The molecule has 158 valence electrons. The average Bonchev–Trinajstić information content (AvgIpc) is 2.74. The van der Waals surface area contributed by atoms with Crippen molar-refractivity contribution in [1.82, 2.24) is 9.80 Å². The fraction of sp³-hybridized carbons (Fsp3) is 0.739. The van der Waals surface area contributed by atoms with E-state index in [2.05, 4.69) is 29.0 Å². The first-order chi connectivity index (χ1) is 13.7. The van der Waals surface area contributed by atoms with E-state index in [1.807, 2.05) is 6.07 Å². The van der Waals surface area contributed by atoms with E-state index in [-0.39, 0.29) is 0 Å². The molecule has 0 aromatic heterocycles. The maximum absolute atomic E-state index is 10.4. The minimum Gasteiger partial charge on any atom is -0.493 e. The van der Waals surface area contributed by atoms with Crippen LogP contribution >= 0.6 is 0 Å². The van der Waals surface area contributed by atoms with Gasteiger partial charge in [-0.25, -0.2) is 0 Å². The number of hydrogen-bond acceptors (Lipinski definition) is 5. The van der Waals surface area contributed by atoms with Crippen LogP contribution in [0.25, 0.3) is 0 Å². The molecular formula is C23H38N2O3. The lowest BCUT2D eigenvalue weighted by molar-refractivity contribution is 0.0553. The van der Waals surface area contributed by atoms with Crippen molar-refractivity contribution < 1.29 is 14.6 Å². The number of benzene rings is 1. The van der Waals surface area contributed by atoms with Gasteiger partial charge in [0.2, 0.25) is 0 Å². The Bertz CT molecular complexity index is 583. The molecule has 0 bridgehead atoms. The fourth-order valence-corrected chi connectivity index (χ4v) is 4.55. The molecule has 2 fully saturated rings. The average molecular weight is 391 g/mol. The van der Waals surface area contributed by atoms with Crippen LogP contribution in [-0.2, 0) is 6.54 Å². The quantitative estimate of drug-likeness (QED) is 0.697. The Morgan fingerprint density at radius 1 is 1.07 bits per heavy atom. The molecule has 0 radical (unpaired) electrons. The lowest BCUT2D eigenvalue weighted by Gasteiger charge is -2.32. The minimum atomic E-state index is -0.496. The van der Waals surface area contributed by atoms with E-state index in [9.17, 15) is 5.11 Å². The second kappa shape index (κ2) is 11.0. The van der Waals surface area contributed by atoms with E-state index in [0.717, 1.165) is 12.3 Å². The van der Waals surface area contributed by atoms with Crippen molar-refractivity contribution >= 4 is 0 Å². The van der Waals surface area contributed by atoms with Gasteiger partial charge in [-0.05, 0) is 63.5 Å². The normalized spacial score (nSPS) is 20.3. The summed E-state index contributed by atoms with van der Waals surface area (Å²) in [5, 5.41) is 10.4. The molecule has 1 aliphatic heterocycles. The summed E-state index contributed by atoms with van der Waals surface area (Å²) < 4.78 is 11.5. The van der Waals surface area contributed by atoms with Crippen LogP contribution in [0.5, 0.6) is 11.5 Å². The van der Waals surface area contributed by atoms with Gasteiger partial charge < -0.3 is 19.5 Å². The molecule has 3 rings (SSSR count). The first-order valence-electron chi connectivity index (χ1n) is 11.1. The number of likely N-dealkylation sites (tertiary alicyclic amines) is 1. The molecule has 1 heterocycles. The third-order valence-corrected chi connectivity index (χ3v) is 6.21. The standard InChI is InChI=1S/C23H38N2O3/c1-24(20-9-5-3-6-10-20)17-21(26)18-28-22-12-11-19(15-23(22)27-2)16-25-13-7-4-8-14-25/h11-12,15,20-21,26H,3-10,13-14,16-18H2,1-2H3/t21-/m0/s1. The molecule has 1 aromatic carbocycles. The second-order valence-corrected chi connectivity index (χ2v) is 8.52. The van der Waals surface area contributed by atoms with Gasteiger partial charge in [-0.1, -0.05) is 31.7 Å². The summed E-state index contributed by atoms with van der Waals surface area (Å²) in [6.07, 6.45) is 9.91. The van der Waals surface area contributed by atoms with Gasteiger partial charge in [0, 0.05) is 19.1 Å². The lowest BCUT2D eigenvalue weighted by Crippen LogP contribution is -2.40. The number of aliphatic hydroxyl groups is 1. The van der Waals surface area contributed by atoms with Crippen LogP contribution in [0.15, 0.2) is 18.2 Å². The van der Waals surface area contributed by atoms with Gasteiger partial charge in [-0.15, -0.1) is 0 Å². The number of nitrogens with zero attached hydrogens (tertiary/aromatic N) is 2. The van der Waals surface area contributed by atoms with Crippen molar-refractivity contribution in [3.8, 4) is 11.5 Å². The van der Waals surface area contributed by atoms with Gasteiger partial charge in [0.05, 0.1) is 7.11 Å². The summed E-state index contributed by atoms with van der Waals surface area (Å²) in [6.45, 7) is 4.27. The largest absolute Gasteiger partial charge is 0.493 e. The number of aliphatic hydroxyl groups excluding tert-OH is 1. The van der Waals surface area contributed by atoms with Crippen molar-refractivity contribution in [2.75, 3.05) is 40.4 Å². The zero-order valence-corrected chi connectivity index (χ0v) is 17.7. The topological polar surface area (TPSA) is 45.2 Å². The van der Waals surface area contributed by atoms with Crippen LogP contribution in [0.2, 0.25) is 0 Å². The second-order valence-electron chi connectivity index (χ2n) is 8.52. The lowest BCUT2D eigenvalue weighted by atomic mass is 9.94. The van der Waals surface area contributed by atoms with Crippen molar-refractivity contribution in [1.29, 1.82) is 0 Å². The Morgan fingerprint density at radius 2 is 1.79 bits per heavy atom. The molecule has 0 spiro atoms. The van der Waals surface area contributed by atoms with Crippen LogP contribution in [0, 0.1) is 0 Å². The van der Waals surface area contributed by atoms with E-state index < -0.39 is 6.10 Å². The summed E-state index contributed by atoms with van der Waals surface area (Å²) in [5.41, 5.74) is 1.25. The van der Waals surface area contributed by atoms with Crippen LogP contribution in [-0.4, -0.2) is 67.5 Å². The van der Waals surface area contributed by atoms with Crippen molar-refractivity contribution in [2.45, 2.75) is 70.1 Å². The first kappa shape index (κ1) is 21.4. The summed E-state index contributed by atoms with van der Waals surface area (Å²) in [5.74, 6) is 1.46. The van der Waals surface area contributed by atoms with Crippen molar-refractivity contribution in [3.63, 3.8) is 0 Å². The van der Waals surface area contributed by atoms with Gasteiger partial charge in [0.1, 0.15) is 12.7 Å². The van der Waals surface area contributed by atoms with Crippen LogP contribution in [0.1, 0.15) is 56.9 Å². The molecule has 1 saturated heterocycles. The molecule has 1 saturated carbocycles. The first-order valence-corrected chi connectivity index (χ1v) is 11.1. The Labute approximate surface area is 170 Å². The van der Waals surface area contributed by atoms with Crippen LogP contribution in [0.3, 0.4) is 0 Å². The highest BCUT2D eigenvalue weighted by atomic mass is 16.5. The Kier molecular flexibility index (Phi) is 8.44. The molecule has 1 N–H and O–H groups in total. The zero-order chi connectivity index (χ0) is 19.8. The van der Waals surface area contributed by atoms with Gasteiger partial charge in [0.15, 0.2) is 11.5 Å². The zero-order valence-electron chi connectivity index (χ0n) is 17.7. The van der Waals surface area contributed by atoms with Gasteiger partial charge >= 0.3 is 0 Å². The van der Waals surface area contributed by atoms with Crippen molar-refractivity contribution in [2.24, 2.45) is 0 Å². The highest BCUT2D eigenvalue weighted by Crippen LogP contribution is 2.29. The summed E-state index contributed by atoms with van der Waals surface area (Å²) in [4.78, 5) is 4.80. The van der Waals surface area contributed by atoms with E-state index in [1.165, 1.54) is 70.0 Å².